The molecular formula is C21H25FN4O4. The highest BCUT2D eigenvalue weighted by atomic mass is 19.1. The van der Waals surface area contributed by atoms with E-state index in [0.29, 0.717) is 17.0 Å². The number of urea groups is 1. The first-order valence-electron chi connectivity index (χ1n) is 9.19. The number of halogens is 1. The number of carbonyl (C=O) groups excluding carboxylic acids is 3. The molecule has 2 aromatic rings. The van der Waals surface area contributed by atoms with Gasteiger partial charge < -0.3 is 25.2 Å². The average Bonchev–Trinajstić information content (AvgIpc) is 2.73. The summed E-state index contributed by atoms with van der Waals surface area (Å²) < 4.78 is 18.1. The minimum Gasteiger partial charge on any atom is -0.497 e. The zero-order valence-electron chi connectivity index (χ0n) is 17.1. The highest BCUT2D eigenvalue weighted by Gasteiger charge is 2.19. The Morgan fingerprint density at radius 3 is 2.17 bits per heavy atom. The summed E-state index contributed by atoms with van der Waals surface area (Å²) in [6.45, 7) is -0.363. The average molecular weight is 416 g/mol. The van der Waals surface area contributed by atoms with Gasteiger partial charge >= 0.3 is 6.03 Å². The Labute approximate surface area is 174 Å². The maximum Gasteiger partial charge on any atom is 0.320 e. The van der Waals surface area contributed by atoms with Crippen molar-refractivity contribution in [2.24, 2.45) is 0 Å². The third-order valence-corrected chi connectivity index (χ3v) is 4.09. The molecule has 0 unspecified atom stereocenters. The Hall–Kier alpha value is -3.62. The standard InChI is InChI=1S/C21H25FN4O4/c1-25(2)21(29)26(13-15-4-6-16(22)7-5-15)14-20(28)23-12-19(27)24-17-8-10-18(30-3)11-9-17/h4-11H,12-14H2,1-3H3,(H,23,28)(H,24,27). The van der Waals surface area contributed by atoms with Crippen LogP contribution in [0.4, 0.5) is 14.9 Å². The Bertz CT molecular complexity index is 870. The number of rotatable bonds is 8. The molecule has 0 aliphatic rings. The molecule has 9 heteroatoms. The minimum absolute atomic E-state index is 0.128. The lowest BCUT2D eigenvalue weighted by atomic mass is 10.2. The number of benzene rings is 2. The summed E-state index contributed by atoms with van der Waals surface area (Å²) in [6, 6.07) is 12.1. The van der Waals surface area contributed by atoms with E-state index in [1.54, 1.807) is 57.6 Å². The van der Waals surface area contributed by atoms with Gasteiger partial charge in [0.1, 0.15) is 18.1 Å². The van der Waals surface area contributed by atoms with E-state index in [4.69, 9.17) is 4.74 Å². The second-order valence-corrected chi connectivity index (χ2v) is 6.71. The first-order chi connectivity index (χ1) is 14.3. The first kappa shape index (κ1) is 22.7. The summed E-state index contributed by atoms with van der Waals surface area (Å²) in [5.74, 6) is -0.618. The van der Waals surface area contributed by atoms with E-state index >= 15 is 0 Å². The fourth-order valence-electron chi connectivity index (χ4n) is 2.57. The van der Waals surface area contributed by atoms with Crippen LogP contribution in [0.25, 0.3) is 0 Å². The van der Waals surface area contributed by atoms with Crippen molar-refractivity contribution >= 4 is 23.5 Å². The third kappa shape index (κ3) is 7.08. The van der Waals surface area contributed by atoms with Crippen molar-refractivity contribution in [2.45, 2.75) is 6.54 Å². The summed E-state index contributed by atoms with van der Waals surface area (Å²) in [4.78, 5) is 39.4. The van der Waals surface area contributed by atoms with Crippen LogP contribution in [0.5, 0.6) is 5.75 Å². The van der Waals surface area contributed by atoms with Gasteiger partial charge in [0.2, 0.25) is 11.8 Å². The molecule has 0 saturated heterocycles. The van der Waals surface area contributed by atoms with Crippen LogP contribution >= 0.6 is 0 Å². The Kier molecular flexibility index (Phi) is 8.16. The molecule has 160 valence electrons. The van der Waals surface area contributed by atoms with E-state index in [2.05, 4.69) is 10.6 Å². The monoisotopic (exact) mass is 416 g/mol. The zero-order valence-corrected chi connectivity index (χ0v) is 17.1. The van der Waals surface area contributed by atoms with Gasteiger partial charge in [-0.25, -0.2) is 9.18 Å². The largest absolute Gasteiger partial charge is 0.497 e. The van der Waals surface area contributed by atoms with Gasteiger partial charge in [-0.15, -0.1) is 0 Å². The quantitative estimate of drug-likeness (QED) is 0.689. The molecule has 30 heavy (non-hydrogen) atoms. The molecule has 2 N–H and O–H groups in total. The summed E-state index contributed by atoms with van der Waals surface area (Å²) in [5, 5.41) is 5.15. The van der Waals surface area contributed by atoms with Crippen LogP contribution in [0.15, 0.2) is 48.5 Å². The number of anilines is 1. The van der Waals surface area contributed by atoms with Crippen LogP contribution in [-0.2, 0) is 16.1 Å². The van der Waals surface area contributed by atoms with Gasteiger partial charge in [0, 0.05) is 26.3 Å². The van der Waals surface area contributed by atoms with Crippen molar-refractivity contribution in [3.8, 4) is 5.75 Å². The number of nitrogens with zero attached hydrogens (tertiary/aromatic N) is 2. The van der Waals surface area contributed by atoms with Crippen LogP contribution in [-0.4, -0.2) is 61.9 Å². The number of hydrogen-bond acceptors (Lipinski definition) is 4. The Balaban J connectivity index is 1.89. The molecule has 0 radical (unpaired) electrons. The predicted octanol–water partition coefficient (Wildman–Crippen LogP) is 2.07. The van der Waals surface area contributed by atoms with Crippen LogP contribution < -0.4 is 15.4 Å². The van der Waals surface area contributed by atoms with Gasteiger partial charge in [-0.2, -0.15) is 0 Å². The fraction of sp³-hybridized carbons (Fsp3) is 0.286. The summed E-state index contributed by atoms with van der Waals surface area (Å²) >= 11 is 0. The smallest absolute Gasteiger partial charge is 0.320 e. The van der Waals surface area contributed by atoms with E-state index in [0.717, 1.165) is 0 Å². The molecular weight excluding hydrogens is 391 g/mol. The molecule has 0 aromatic heterocycles. The topological polar surface area (TPSA) is 91.0 Å². The highest BCUT2D eigenvalue weighted by Crippen LogP contribution is 2.14. The zero-order chi connectivity index (χ0) is 22.1. The number of amides is 4. The normalized spacial score (nSPS) is 10.1. The van der Waals surface area contributed by atoms with E-state index in [9.17, 15) is 18.8 Å². The predicted molar refractivity (Wildman–Crippen MR) is 111 cm³/mol. The number of ether oxygens (including phenoxy) is 1. The SMILES string of the molecule is COc1ccc(NC(=O)CNC(=O)CN(Cc2ccc(F)cc2)C(=O)N(C)C)cc1. The molecule has 0 heterocycles. The van der Waals surface area contributed by atoms with Gasteiger partial charge in [-0.3, -0.25) is 9.59 Å². The highest BCUT2D eigenvalue weighted by molar-refractivity contribution is 5.95. The molecule has 0 atom stereocenters. The maximum absolute atomic E-state index is 13.1. The molecule has 0 aliphatic carbocycles. The van der Waals surface area contributed by atoms with Crippen molar-refractivity contribution in [3.05, 3.63) is 59.9 Å². The number of nitrogens with one attached hydrogen (secondary N) is 2. The first-order valence-corrected chi connectivity index (χ1v) is 9.19. The lowest BCUT2D eigenvalue weighted by Crippen LogP contribution is -2.45. The molecule has 8 nitrogen and oxygen atoms in total. The minimum atomic E-state index is -0.489. The van der Waals surface area contributed by atoms with Crippen LogP contribution in [0.2, 0.25) is 0 Å². The molecule has 0 bridgehead atoms. The molecule has 0 spiro atoms. The summed E-state index contributed by atoms with van der Waals surface area (Å²) in [5.41, 5.74) is 1.24. The van der Waals surface area contributed by atoms with Crippen LogP contribution in [0.1, 0.15) is 5.56 Å². The molecule has 2 aromatic carbocycles. The van der Waals surface area contributed by atoms with Crippen molar-refractivity contribution in [3.63, 3.8) is 0 Å². The lowest BCUT2D eigenvalue weighted by Gasteiger charge is -2.25. The van der Waals surface area contributed by atoms with Gasteiger partial charge in [-0.05, 0) is 42.0 Å². The second-order valence-electron chi connectivity index (χ2n) is 6.71. The summed E-state index contributed by atoms with van der Waals surface area (Å²) in [7, 11) is 4.68. The molecule has 0 aliphatic heterocycles. The number of carbonyl (C=O) groups is 3. The van der Waals surface area contributed by atoms with Gasteiger partial charge in [0.05, 0.1) is 13.7 Å². The van der Waals surface area contributed by atoms with Crippen LogP contribution in [0, 0.1) is 5.82 Å². The molecule has 0 saturated carbocycles. The Morgan fingerprint density at radius 2 is 1.60 bits per heavy atom. The van der Waals surface area contributed by atoms with E-state index in [1.807, 2.05) is 0 Å². The van der Waals surface area contributed by atoms with Crippen molar-refractivity contribution in [1.29, 1.82) is 0 Å². The van der Waals surface area contributed by atoms with E-state index < -0.39 is 11.8 Å². The van der Waals surface area contributed by atoms with E-state index in [1.165, 1.54) is 21.9 Å². The maximum atomic E-state index is 13.1. The third-order valence-electron chi connectivity index (χ3n) is 4.09. The molecule has 0 fully saturated rings. The van der Waals surface area contributed by atoms with Gasteiger partial charge in [0.15, 0.2) is 0 Å². The molecule has 2 rings (SSSR count). The van der Waals surface area contributed by atoms with E-state index in [-0.39, 0.29) is 31.5 Å². The fourth-order valence-corrected chi connectivity index (χ4v) is 2.57. The van der Waals surface area contributed by atoms with Crippen molar-refractivity contribution in [2.75, 3.05) is 39.6 Å². The van der Waals surface area contributed by atoms with Gasteiger partial charge in [0.25, 0.3) is 0 Å². The number of methoxy groups -OCH3 is 1. The second kappa shape index (κ2) is 10.8. The van der Waals surface area contributed by atoms with Crippen molar-refractivity contribution in [1.82, 2.24) is 15.1 Å². The number of hydrogen-bond donors (Lipinski definition) is 2. The van der Waals surface area contributed by atoms with Crippen molar-refractivity contribution < 1.29 is 23.5 Å². The van der Waals surface area contributed by atoms with Crippen LogP contribution in [0.3, 0.4) is 0 Å². The Morgan fingerprint density at radius 1 is 0.967 bits per heavy atom. The molecule has 4 amide bonds. The lowest BCUT2D eigenvalue weighted by molar-refractivity contribution is -0.124. The van der Waals surface area contributed by atoms with Gasteiger partial charge in [-0.1, -0.05) is 12.1 Å². The summed E-state index contributed by atoms with van der Waals surface area (Å²) in [6.07, 6.45) is 0.